The van der Waals surface area contributed by atoms with Crippen LogP contribution in [0.2, 0.25) is 0 Å². The molecule has 0 amide bonds. The second kappa shape index (κ2) is 3.84. The minimum atomic E-state index is -2.79. The van der Waals surface area contributed by atoms with E-state index in [1.165, 1.54) is 0 Å². The summed E-state index contributed by atoms with van der Waals surface area (Å²) in [6.45, 7) is 0. The first kappa shape index (κ1) is 10.8. The molecule has 5 heteroatoms. The van der Waals surface area contributed by atoms with Gasteiger partial charge in [-0.15, -0.1) is 0 Å². The van der Waals surface area contributed by atoms with Gasteiger partial charge in [0.05, 0.1) is 22.5 Å². The number of benzene rings is 1. The number of hydrogen-bond acceptors (Lipinski definition) is 3. The number of fused-ring (bicyclic) bond motifs is 1. The fraction of sp³-hybridized carbons (Fsp3) is 0.417. The topological polar surface area (TPSA) is 62.8 Å². The predicted molar refractivity (Wildman–Crippen MR) is 66.6 cm³/mol. The van der Waals surface area contributed by atoms with Crippen molar-refractivity contribution in [3.05, 3.63) is 30.1 Å². The van der Waals surface area contributed by atoms with E-state index in [9.17, 15) is 8.42 Å². The van der Waals surface area contributed by atoms with E-state index in [-0.39, 0.29) is 5.92 Å². The number of H-pyrrole nitrogens is 1. The van der Waals surface area contributed by atoms with Gasteiger partial charge in [0.15, 0.2) is 9.84 Å². The molecule has 1 aromatic carbocycles. The molecular weight excluding hydrogens is 236 g/mol. The van der Waals surface area contributed by atoms with E-state index in [2.05, 4.69) is 9.97 Å². The summed E-state index contributed by atoms with van der Waals surface area (Å²) in [5, 5.41) is 0. The lowest BCUT2D eigenvalue weighted by molar-refractivity contribution is 0.572. The molecule has 90 valence electrons. The third kappa shape index (κ3) is 2.20. The molecule has 3 rings (SSSR count). The average molecular weight is 250 g/mol. The van der Waals surface area contributed by atoms with Crippen LogP contribution in [0.5, 0.6) is 0 Å². The fourth-order valence-electron chi connectivity index (χ4n) is 2.41. The Morgan fingerprint density at radius 3 is 2.88 bits per heavy atom. The lowest BCUT2D eigenvalue weighted by Crippen LogP contribution is -2.08. The summed E-state index contributed by atoms with van der Waals surface area (Å²) in [4.78, 5) is 7.72. The molecule has 0 spiro atoms. The molecular formula is C12H14N2O2S. The van der Waals surface area contributed by atoms with Crippen LogP contribution in [0, 0.1) is 5.92 Å². The first-order valence-electron chi connectivity index (χ1n) is 5.76. The number of aromatic nitrogens is 2. The van der Waals surface area contributed by atoms with E-state index >= 15 is 0 Å². The van der Waals surface area contributed by atoms with Crippen LogP contribution >= 0.6 is 0 Å². The number of nitrogens with zero attached hydrogens (tertiary/aromatic N) is 1. The molecule has 2 aromatic rings. The van der Waals surface area contributed by atoms with E-state index in [1.807, 2.05) is 24.3 Å². The van der Waals surface area contributed by atoms with E-state index < -0.39 is 9.84 Å². The molecule has 17 heavy (non-hydrogen) atoms. The number of para-hydroxylation sites is 2. The van der Waals surface area contributed by atoms with E-state index in [0.717, 1.165) is 29.7 Å². The molecule has 1 aromatic heterocycles. The Morgan fingerprint density at radius 1 is 1.35 bits per heavy atom. The number of imidazole rings is 1. The summed E-state index contributed by atoms with van der Waals surface area (Å²) in [5.41, 5.74) is 1.96. The van der Waals surface area contributed by atoms with Gasteiger partial charge >= 0.3 is 0 Å². The van der Waals surface area contributed by atoms with Crippen LogP contribution < -0.4 is 0 Å². The second-order valence-corrected chi connectivity index (χ2v) is 6.90. The monoisotopic (exact) mass is 250 g/mol. The Kier molecular flexibility index (Phi) is 2.43. The number of aromatic amines is 1. The van der Waals surface area contributed by atoms with Crippen molar-refractivity contribution >= 4 is 20.9 Å². The maximum atomic E-state index is 11.4. The Bertz CT molecular complexity index is 612. The van der Waals surface area contributed by atoms with Gasteiger partial charge < -0.3 is 4.98 Å². The van der Waals surface area contributed by atoms with Gasteiger partial charge in [0.2, 0.25) is 0 Å². The minimum Gasteiger partial charge on any atom is -0.342 e. The summed E-state index contributed by atoms with van der Waals surface area (Å²) >= 11 is 0. The first-order valence-corrected chi connectivity index (χ1v) is 7.58. The largest absolute Gasteiger partial charge is 0.342 e. The molecule has 1 fully saturated rings. The number of nitrogens with one attached hydrogen (secondary N) is 1. The zero-order chi connectivity index (χ0) is 11.9. The van der Waals surface area contributed by atoms with Crippen LogP contribution in [-0.4, -0.2) is 29.9 Å². The van der Waals surface area contributed by atoms with Crippen molar-refractivity contribution in [2.75, 3.05) is 11.5 Å². The smallest absolute Gasteiger partial charge is 0.150 e. The van der Waals surface area contributed by atoms with Crippen LogP contribution in [0.1, 0.15) is 12.2 Å². The molecule has 2 heterocycles. The highest BCUT2D eigenvalue weighted by Crippen LogP contribution is 2.22. The Labute approximate surface area is 100.0 Å². The third-order valence-electron chi connectivity index (χ3n) is 3.25. The number of sulfone groups is 1. The lowest BCUT2D eigenvalue weighted by Gasteiger charge is -2.03. The van der Waals surface area contributed by atoms with Crippen LogP contribution in [0.4, 0.5) is 0 Å². The van der Waals surface area contributed by atoms with Gasteiger partial charge in [-0.1, -0.05) is 12.1 Å². The van der Waals surface area contributed by atoms with E-state index in [4.69, 9.17) is 0 Å². The standard InChI is InChI=1S/C12H14N2O2S/c15-17(16)6-5-9(8-17)7-12-13-10-3-1-2-4-11(10)14-12/h1-4,9H,5-8H2,(H,13,14)/t9-/m1/s1. The molecule has 1 N–H and O–H groups in total. The van der Waals surface area contributed by atoms with Crippen molar-refractivity contribution < 1.29 is 8.42 Å². The summed E-state index contributed by atoms with van der Waals surface area (Å²) in [5.74, 6) is 1.76. The zero-order valence-corrected chi connectivity index (χ0v) is 10.2. The minimum absolute atomic E-state index is 0.223. The molecule has 4 nitrogen and oxygen atoms in total. The highest BCUT2D eigenvalue weighted by atomic mass is 32.2. The Morgan fingerprint density at radius 2 is 2.18 bits per heavy atom. The molecule has 0 bridgehead atoms. The average Bonchev–Trinajstić information content (AvgIpc) is 2.81. The van der Waals surface area contributed by atoms with Crippen LogP contribution in [-0.2, 0) is 16.3 Å². The SMILES string of the molecule is O=S1(=O)CC[C@H](Cc2nc3ccccc3[nH]2)C1. The normalized spacial score (nSPS) is 23.2. The lowest BCUT2D eigenvalue weighted by atomic mass is 10.1. The summed E-state index contributed by atoms with van der Waals surface area (Å²) in [6, 6.07) is 7.86. The maximum absolute atomic E-state index is 11.4. The van der Waals surface area contributed by atoms with Crippen molar-refractivity contribution in [2.45, 2.75) is 12.8 Å². The zero-order valence-electron chi connectivity index (χ0n) is 9.39. The Balaban J connectivity index is 1.81. The molecule has 1 aliphatic rings. The van der Waals surface area contributed by atoms with Gasteiger partial charge in [-0.25, -0.2) is 13.4 Å². The quantitative estimate of drug-likeness (QED) is 0.879. The van der Waals surface area contributed by atoms with Gasteiger partial charge in [-0.2, -0.15) is 0 Å². The van der Waals surface area contributed by atoms with Crippen molar-refractivity contribution in [3.8, 4) is 0 Å². The van der Waals surface area contributed by atoms with Crippen molar-refractivity contribution in [3.63, 3.8) is 0 Å². The van der Waals surface area contributed by atoms with Crippen LogP contribution in [0.15, 0.2) is 24.3 Å². The second-order valence-electron chi connectivity index (χ2n) is 4.67. The fourth-order valence-corrected chi connectivity index (χ4v) is 4.27. The molecule has 1 aliphatic heterocycles. The summed E-state index contributed by atoms with van der Waals surface area (Å²) in [6.07, 6.45) is 1.49. The predicted octanol–water partition coefficient (Wildman–Crippen LogP) is 1.54. The van der Waals surface area contributed by atoms with Gasteiger partial charge in [-0.05, 0) is 24.5 Å². The molecule has 0 radical (unpaired) electrons. The number of hydrogen-bond donors (Lipinski definition) is 1. The van der Waals surface area contributed by atoms with E-state index in [1.54, 1.807) is 0 Å². The van der Waals surface area contributed by atoms with Crippen molar-refractivity contribution in [2.24, 2.45) is 5.92 Å². The molecule has 0 saturated carbocycles. The van der Waals surface area contributed by atoms with Gasteiger partial charge in [-0.3, -0.25) is 0 Å². The molecule has 1 atom stereocenters. The third-order valence-corrected chi connectivity index (χ3v) is 5.08. The number of rotatable bonds is 2. The highest BCUT2D eigenvalue weighted by Gasteiger charge is 2.28. The summed E-state index contributed by atoms with van der Waals surface area (Å²) in [7, 11) is -2.79. The van der Waals surface area contributed by atoms with Crippen LogP contribution in [0.25, 0.3) is 11.0 Å². The van der Waals surface area contributed by atoms with E-state index in [0.29, 0.717) is 11.5 Å². The highest BCUT2D eigenvalue weighted by molar-refractivity contribution is 7.91. The van der Waals surface area contributed by atoms with Crippen LogP contribution in [0.3, 0.4) is 0 Å². The Hall–Kier alpha value is -1.36. The molecule has 0 aliphatic carbocycles. The van der Waals surface area contributed by atoms with Crippen molar-refractivity contribution in [1.82, 2.24) is 9.97 Å². The van der Waals surface area contributed by atoms with Gasteiger partial charge in [0, 0.05) is 6.42 Å². The van der Waals surface area contributed by atoms with Gasteiger partial charge in [0.1, 0.15) is 5.82 Å². The van der Waals surface area contributed by atoms with Gasteiger partial charge in [0.25, 0.3) is 0 Å². The maximum Gasteiger partial charge on any atom is 0.150 e. The molecule has 1 saturated heterocycles. The summed E-state index contributed by atoms with van der Waals surface area (Å²) < 4.78 is 22.7. The molecule has 0 unspecified atom stereocenters. The van der Waals surface area contributed by atoms with Crippen molar-refractivity contribution in [1.29, 1.82) is 0 Å². The first-order chi connectivity index (χ1) is 8.12.